The van der Waals surface area contributed by atoms with E-state index in [1.807, 2.05) is 13.8 Å². The number of carbonyl (C=O) groups excluding carboxylic acids is 2. The fraction of sp³-hybridized carbons (Fsp3) is 0.263. The molecule has 1 aliphatic heterocycles. The van der Waals surface area contributed by atoms with E-state index in [0.29, 0.717) is 17.1 Å². The maximum Gasteiger partial charge on any atom is 0.237 e. The van der Waals surface area contributed by atoms with Crippen LogP contribution in [0.25, 0.3) is 0 Å². The van der Waals surface area contributed by atoms with Crippen molar-refractivity contribution in [3.8, 4) is 0 Å². The molecule has 3 rings (SSSR count). The molecule has 0 bridgehead atoms. The van der Waals surface area contributed by atoms with E-state index < -0.39 is 0 Å². The summed E-state index contributed by atoms with van der Waals surface area (Å²) < 4.78 is 0. The highest BCUT2D eigenvalue weighted by Crippen LogP contribution is 2.29. The Morgan fingerprint density at radius 1 is 1.04 bits per heavy atom. The van der Waals surface area contributed by atoms with Crippen LogP contribution in [0.5, 0.6) is 0 Å². The molecule has 0 unspecified atom stereocenters. The van der Waals surface area contributed by atoms with Gasteiger partial charge in [0.1, 0.15) is 0 Å². The molecule has 2 aromatic carbocycles. The van der Waals surface area contributed by atoms with Gasteiger partial charge >= 0.3 is 0 Å². The van der Waals surface area contributed by atoms with Crippen LogP contribution in [-0.2, 0) is 16.0 Å². The van der Waals surface area contributed by atoms with Crippen molar-refractivity contribution in [2.45, 2.75) is 26.7 Å². The third-order valence-electron chi connectivity index (χ3n) is 4.09. The van der Waals surface area contributed by atoms with Gasteiger partial charge in [0, 0.05) is 11.4 Å². The van der Waals surface area contributed by atoms with Crippen LogP contribution in [0.3, 0.4) is 0 Å². The summed E-state index contributed by atoms with van der Waals surface area (Å²) in [4.78, 5) is 26.2. The molecule has 4 heteroatoms. The van der Waals surface area contributed by atoms with Gasteiger partial charge in [-0.15, -0.1) is 0 Å². The highest BCUT2D eigenvalue weighted by atomic mass is 35.5. The Morgan fingerprint density at radius 2 is 1.65 bits per heavy atom. The van der Waals surface area contributed by atoms with E-state index in [0.717, 1.165) is 5.56 Å². The highest BCUT2D eigenvalue weighted by molar-refractivity contribution is 6.30. The average molecular weight is 328 g/mol. The molecule has 0 N–H and O–H groups in total. The van der Waals surface area contributed by atoms with Crippen LogP contribution < -0.4 is 4.90 Å². The number of hydrogen-bond donors (Lipinski definition) is 0. The second kappa shape index (κ2) is 6.17. The largest absolute Gasteiger partial charge is 0.274 e. The lowest BCUT2D eigenvalue weighted by molar-refractivity contribution is -0.122. The summed E-state index contributed by atoms with van der Waals surface area (Å²) in [5.74, 6) is -0.567. The number of carbonyl (C=O) groups is 2. The van der Waals surface area contributed by atoms with E-state index in [1.165, 1.54) is 16.0 Å². The van der Waals surface area contributed by atoms with Gasteiger partial charge in [-0.1, -0.05) is 40.9 Å². The van der Waals surface area contributed by atoms with Crippen LogP contribution in [0.15, 0.2) is 42.5 Å². The monoisotopic (exact) mass is 327 g/mol. The number of amides is 2. The van der Waals surface area contributed by atoms with Crippen LogP contribution >= 0.6 is 11.6 Å². The smallest absolute Gasteiger partial charge is 0.237 e. The quantitative estimate of drug-likeness (QED) is 0.797. The molecule has 118 valence electrons. The van der Waals surface area contributed by atoms with Crippen molar-refractivity contribution in [2.24, 2.45) is 5.92 Å². The molecular weight excluding hydrogens is 310 g/mol. The Balaban J connectivity index is 1.82. The summed E-state index contributed by atoms with van der Waals surface area (Å²) in [6.45, 7) is 4.08. The van der Waals surface area contributed by atoms with Crippen molar-refractivity contribution >= 4 is 29.1 Å². The highest BCUT2D eigenvalue weighted by Gasteiger charge is 2.39. The van der Waals surface area contributed by atoms with E-state index >= 15 is 0 Å². The fourth-order valence-corrected chi connectivity index (χ4v) is 3.31. The Labute approximate surface area is 140 Å². The van der Waals surface area contributed by atoms with E-state index in [9.17, 15) is 9.59 Å². The molecule has 0 aliphatic carbocycles. The summed E-state index contributed by atoms with van der Waals surface area (Å²) in [5.41, 5.74) is 4.04. The first-order valence-electron chi connectivity index (χ1n) is 7.63. The molecule has 2 amide bonds. The minimum atomic E-state index is -0.292. The standard InChI is InChI=1S/C19H18ClNO2/c1-12-7-13(2)9-14(8-12)10-15-11-18(22)21(19(15)23)17-5-3-16(20)4-6-17/h3-9,15H,10-11H2,1-2H3/t15-/m1/s1. The molecular formula is C19H18ClNO2. The molecule has 0 radical (unpaired) electrons. The van der Waals surface area contributed by atoms with E-state index in [1.54, 1.807) is 24.3 Å². The van der Waals surface area contributed by atoms with Crippen molar-refractivity contribution in [3.63, 3.8) is 0 Å². The number of halogens is 1. The molecule has 0 spiro atoms. The lowest BCUT2D eigenvalue weighted by Crippen LogP contribution is -2.30. The SMILES string of the molecule is Cc1cc(C)cc(C[C@@H]2CC(=O)N(c3ccc(Cl)cc3)C2=O)c1. The normalized spacial score (nSPS) is 17.9. The van der Waals surface area contributed by atoms with Crippen LogP contribution in [0.1, 0.15) is 23.1 Å². The lowest BCUT2D eigenvalue weighted by atomic mass is 9.95. The topological polar surface area (TPSA) is 37.4 Å². The van der Waals surface area contributed by atoms with Crippen molar-refractivity contribution in [1.29, 1.82) is 0 Å². The van der Waals surface area contributed by atoms with Crippen LogP contribution in [-0.4, -0.2) is 11.8 Å². The summed E-state index contributed by atoms with van der Waals surface area (Å²) >= 11 is 5.87. The molecule has 1 heterocycles. The van der Waals surface area contributed by atoms with E-state index in [-0.39, 0.29) is 24.2 Å². The fourth-order valence-electron chi connectivity index (χ4n) is 3.19. The summed E-state index contributed by atoms with van der Waals surface area (Å²) in [6.07, 6.45) is 0.853. The Hall–Kier alpha value is -2.13. The molecule has 0 saturated carbocycles. The molecule has 1 atom stereocenters. The zero-order valence-electron chi connectivity index (χ0n) is 13.2. The second-order valence-electron chi connectivity index (χ2n) is 6.14. The van der Waals surface area contributed by atoms with Gasteiger partial charge in [0.25, 0.3) is 0 Å². The van der Waals surface area contributed by atoms with Crippen molar-refractivity contribution < 1.29 is 9.59 Å². The minimum absolute atomic E-state index is 0.128. The number of anilines is 1. The third kappa shape index (κ3) is 3.30. The van der Waals surface area contributed by atoms with Gasteiger partial charge in [-0.3, -0.25) is 14.5 Å². The summed E-state index contributed by atoms with van der Waals surface area (Å²) in [7, 11) is 0. The first-order valence-corrected chi connectivity index (χ1v) is 8.01. The van der Waals surface area contributed by atoms with Gasteiger partial charge in [-0.2, -0.15) is 0 Å². The predicted octanol–water partition coefficient (Wildman–Crippen LogP) is 4.08. The molecule has 0 aromatic heterocycles. The summed E-state index contributed by atoms with van der Waals surface area (Å²) in [5, 5.41) is 0.583. The number of hydrogen-bond acceptors (Lipinski definition) is 2. The third-order valence-corrected chi connectivity index (χ3v) is 4.34. The molecule has 1 aliphatic rings. The van der Waals surface area contributed by atoms with Gasteiger partial charge in [0.2, 0.25) is 11.8 Å². The van der Waals surface area contributed by atoms with Gasteiger partial charge in [-0.05, 0) is 50.1 Å². The molecule has 1 saturated heterocycles. The van der Waals surface area contributed by atoms with E-state index in [4.69, 9.17) is 11.6 Å². The number of aryl methyl sites for hydroxylation is 2. The molecule has 2 aromatic rings. The molecule has 23 heavy (non-hydrogen) atoms. The maximum absolute atomic E-state index is 12.6. The number of nitrogens with zero attached hydrogens (tertiary/aromatic N) is 1. The predicted molar refractivity (Wildman–Crippen MR) is 91.7 cm³/mol. The lowest BCUT2D eigenvalue weighted by Gasteiger charge is -2.15. The zero-order chi connectivity index (χ0) is 16.6. The first kappa shape index (κ1) is 15.8. The van der Waals surface area contributed by atoms with Gasteiger partial charge < -0.3 is 0 Å². The first-order chi connectivity index (χ1) is 10.9. The minimum Gasteiger partial charge on any atom is -0.274 e. The van der Waals surface area contributed by atoms with Gasteiger partial charge in [0.15, 0.2) is 0 Å². The average Bonchev–Trinajstić information content (AvgIpc) is 2.74. The van der Waals surface area contributed by atoms with Crippen LogP contribution in [0.4, 0.5) is 5.69 Å². The maximum atomic E-state index is 12.6. The Morgan fingerprint density at radius 3 is 2.26 bits per heavy atom. The van der Waals surface area contributed by atoms with E-state index in [2.05, 4.69) is 18.2 Å². The summed E-state index contributed by atoms with van der Waals surface area (Å²) in [6, 6.07) is 13.1. The number of rotatable bonds is 3. The van der Waals surface area contributed by atoms with Crippen LogP contribution in [0.2, 0.25) is 5.02 Å². The van der Waals surface area contributed by atoms with Gasteiger partial charge in [-0.25, -0.2) is 0 Å². The second-order valence-corrected chi connectivity index (χ2v) is 6.58. The molecule has 1 fully saturated rings. The zero-order valence-corrected chi connectivity index (χ0v) is 13.9. The number of benzene rings is 2. The Kier molecular flexibility index (Phi) is 4.22. The van der Waals surface area contributed by atoms with Crippen molar-refractivity contribution in [2.75, 3.05) is 4.90 Å². The Bertz CT molecular complexity index is 747. The van der Waals surface area contributed by atoms with Crippen molar-refractivity contribution in [1.82, 2.24) is 0 Å². The molecule has 3 nitrogen and oxygen atoms in total. The van der Waals surface area contributed by atoms with Crippen LogP contribution in [0, 0.1) is 19.8 Å². The van der Waals surface area contributed by atoms with Gasteiger partial charge in [0.05, 0.1) is 11.6 Å². The number of imide groups is 1. The van der Waals surface area contributed by atoms with Crippen molar-refractivity contribution in [3.05, 3.63) is 64.2 Å².